The number of sulfonamides is 1. The number of anilines is 1. The summed E-state index contributed by atoms with van der Waals surface area (Å²) in [5.41, 5.74) is 3.80. The van der Waals surface area contributed by atoms with Crippen LogP contribution in [-0.4, -0.2) is 50.0 Å². The maximum absolute atomic E-state index is 14.5. The molecule has 0 radical (unpaired) electrons. The third-order valence-corrected chi connectivity index (χ3v) is 12.8. The fourth-order valence-electron chi connectivity index (χ4n) is 9.76. The summed E-state index contributed by atoms with van der Waals surface area (Å²) in [6.07, 6.45) is 13.3. The summed E-state index contributed by atoms with van der Waals surface area (Å²) < 4.78 is 27.9. The van der Waals surface area contributed by atoms with Crippen molar-refractivity contribution in [2.24, 2.45) is 17.8 Å². The first-order chi connectivity index (χ1) is 23.1. The molecular weight excluding hydrogens is 619 g/mol. The number of nitrogens with one attached hydrogen (secondary N) is 1. The third kappa shape index (κ3) is 7.19. The molecule has 48 heavy (non-hydrogen) atoms. The number of rotatable bonds is 12. The fraction of sp³-hybridized carbons (Fsp3) is 0.500. The zero-order valence-corrected chi connectivity index (χ0v) is 28.9. The van der Waals surface area contributed by atoms with Crippen LogP contribution in [0.3, 0.4) is 0 Å². The summed E-state index contributed by atoms with van der Waals surface area (Å²) in [5, 5.41) is 3.23. The zero-order chi connectivity index (χ0) is 33.3. The molecule has 0 unspecified atom stereocenters. The molecule has 3 aromatic carbocycles. The number of hydrogen-bond acceptors (Lipinski definition) is 4. The Bertz CT molecular complexity index is 1650. The van der Waals surface area contributed by atoms with E-state index < -0.39 is 22.0 Å². The van der Waals surface area contributed by atoms with Crippen LogP contribution in [0.4, 0.5) is 5.69 Å². The van der Waals surface area contributed by atoms with Gasteiger partial charge >= 0.3 is 0 Å². The Morgan fingerprint density at radius 2 is 1.33 bits per heavy atom. The van der Waals surface area contributed by atoms with E-state index in [4.69, 9.17) is 0 Å². The molecular formula is C40H49N3O4S. The van der Waals surface area contributed by atoms with E-state index in [0.717, 1.165) is 60.8 Å². The second kappa shape index (κ2) is 13.7. The molecule has 5 aliphatic carbocycles. The molecule has 1 N–H and O–H groups in total. The van der Waals surface area contributed by atoms with Crippen LogP contribution in [0.1, 0.15) is 80.9 Å². The molecule has 0 heterocycles. The largest absolute Gasteiger partial charge is 0.352 e. The lowest BCUT2D eigenvalue weighted by Gasteiger charge is -2.57. The van der Waals surface area contributed by atoms with Gasteiger partial charge in [-0.2, -0.15) is 0 Å². The summed E-state index contributed by atoms with van der Waals surface area (Å²) in [6, 6.07) is 26.6. The number of nitrogens with zero attached hydrogens (tertiary/aromatic N) is 2. The van der Waals surface area contributed by atoms with Crippen molar-refractivity contribution in [3.63, 3.8) is 0 Å². The van der Waals surface area contributed by atoms with Crippen LogP contribution in [-0.2, 0) is 38.0 Å². The zero-order valence-electron chi connectivity index (χ0n) is 28.1. The van der Waals surface area contributed by atoms with Crippen LogP contribution in [0.25, 0.3) is 0 Å². The molecule has 7 nitrogen and oxygen atoms in total. The topological polar surface area (TPSA) is 86.8 Å². The van der Waals surface area contributed by atoms with Crippen LogP contribution >= 0.6 is 0 Å². The molecule has 0 saturated heterocycles. The first-order valence-electron chi connectivity index (χ1n) is 17.9. The molecule has 3 aromatic rings. The van der Waals surface area contributed by atoms with E-state index in [1.807, 2.05) is 72.8 Å². The molecule has 254 valence electrons. The molecule has 5 saturated carbocycles. The van der Waals surface area contributed by atoms with Crippen molar-refractivity contribution in [1.82, 2.24) is 10.2 Å². The molecule has 8 rings (SSSR count). The number of amides is 2. The Kier molecular flexibility index (Phi) is 9.38. The average molecular weight is 668 g/mol. The molecule has 0 aliphatic heterocycles. The van der Waals surface area contributed by atoms with Gasteiger partial charge in [0.2, 0.25) is 21.8 Å². The Morgan fingerprint density at radius 1 is 0.792 bits per heavy atom. The van der Waals surface area contributed by atoms with Gasteiger partial charge in [-0.3, -0.25) is 13.9 Å². The second-order valence-electron chi connectivity index (χ2n) is 15.2. The van der Waals surface area contributed by atoms with Gasteiger partial charge < -0.3 is 10.2 Å². The highest BCUT2D eigenvalue weighted by atomic mass is 32.2. The van der Waals surface area contributed by atoms with Crippen molar-refractivity contribution >= 4 is 27.5 Å². The summed E-state index contributed by atoms with van der Waals surface area (Å²) in [4.78, 5) is 30.1. The number of hydrogen-bond donors (Lipinski definition) is 1. The van der Waals surface area contributed by atoms with Crippen LogP contribution in [0, 0.1) is 17.8 Å². The second-order valence-corrected chi connectivity index (χ2v) is 17.1. The van der Waals surface area contributed by atoms with Crippen molar-refractivity contribution in [2.75, 3.05) is 17.1 Å². The predicted molar refractivity (Wildman–Crippen MR) is 190 cm³/mol. The van der Waals surface area contributed by atoms with E-state index >= 15 is 0 Å². The van der Waals surface area contributed by atoms with Gasteiger partial charge in [-0.15, -0.1) is 0 Å². The van der Waals surface area contributed by atoms with Gasteiger partial charge in [0, 0.05) is 19.0 Å². The van der Waals surface area contributed by atoms with Gasteiger partial charge in [-0.1, -0.05) is 85.6 Å². The van der Waals surface area contributed by atoms with Crippen molar-refractivity contribution < 1.29 is 18.0 Å². The van der Waals surface area contributed by atoms with Crippen molar-refractivity contribution in [3.8, 4) is 0 Å². The van der Waals surface area contributed by atoms with Gasteiger partial charge in [0.05, 0.1) is 11.9 Å². The number of carbonyl (C=O) groups is 2. The van der Waals surface area contributed by atoms with Crippen LogP contribution < -0.4 is 9.62 Å². The predicted octanol–water partition coefficient (Wildman–Crippen LogP) is 6.62. The minimum atomic E-state index is -3.82. The number of benzene rings is 3. The molecule has 0 spiro atoms. The summed E-state index contributed by atoms with van der Waals surface area (Å²) in [6.45, 7) is -0.192. The van der Waals surface area contributed by atoms with Crippen molar-refractivity contribution in [1.29, 1.82) is 0 Å². The highest BCUT2D eigenvalue weighted by Crippen LogP contribution is 2.60. The van der Waals surface area contributed by atoms with Crippen molar-refractivity contribution in [2.45, 2.75) is 94.7 Å². The van der Waals surface area contributed by atoms with Crippen molar-refractivity contribution in [3.05, 3.63) is 102 Å². The van der Waals surface area contributed by atoms with Crippen LogP contribution in [0.2, 0.25) is 0 Å². The van der Waals surface area contributed by atoms with E-state index in [2.05, 4.69) is 17.4 Å². The standard InChI is InChI=1S/C40H49N3O4S/c1-48(46,47)43(36-18-16-34(17-19-36)40-24-31-20-32(25-40)22-33(21-31)26-40)28-38(44)42(27-30-12-6-3-7-13-30)37(23-29-10-4-2-5-11-29)39(45)41-35-14-8-9-15-35/h2-7,10-13,16-19,31-33,35,37H,8-9,14-15,20-28H2,1H3,(H,41,45)/t31?,32?,33?,37-,40?/m1/s1. The lowest BCUT2D eigenvalue weighted by atomic mass is 9.48. The average Bonchev–Trinajstić information content (AvgIpc) is 3.58. The van der Waals surface area contributed by atoms with Crippen LogP contribution in [0.5, 0.6) is 0 Å². The maximum atomic E-state index is 14.5. The summed E-state index contributed by atoms with van der Waals surface area (Å²) >= 11 is 0. The lowest BCUT2D eigenvalue weighted by molar-refractivity contribution is -0.140. The molecule has 5 aliphatic rings. The van der Waals surface area contributed by atoms with E-state index in [0.29, 0.717) is 12.1 Å². The third-order valence-electron chi connectivity index (χ3n) is 11.7. The lowest BCUT2D eigenvalue weighted by Crippen LogP contribution is -2.54. The Morgan fingerprint density at radius 3 is 1.88 bits per heavy atom. The maximum Gasteiger partial charge on any atom is 0.244 e. The summed E-state index contributed by atoms with van der Waals surface area (Å²) in [5.74, 6) is 1.84. The monoisotopic (exact) mass is 667 g/mol. The Balaban J connectivity index is 1.17. The first kappa shape index (κ1) is 32.9. The normalized spacial score (nSPS) is 25.5. The molecule has 2 amide bonds. The highest BCUT2D eigenvalue weighted by Gasteiger charge is 2.51. The van der Waals surface area contributed by atoms with Gasteiger partial charge in [0.15, 0.2) is 0 Å². The fourth-order valence-corrected chi connectivity index (χ4v) is 10.6. The smallest absolute Gasteiger partial charge is 0.244 e. The molecule has 0 aromatic heterocycles. The summed E-state index contributed by atoms with van der Waals surface area (Å²) in [7, 11) is -3.82. The van der Waals surface area contributed by atoms with E-state index in [1.165, 1.54) is 48.4 Å². The van der Waals surface area contributed by atoms with Gasteiger partial charge in [-0.25, -0.2) is 8.42 Å². The SMILES string of the molecule is CS(=O)(=O)N(CC(=O)N(Cc1ccccc1)[C@H](Cc1ccccc1)C(=O)NC1CCCC1)c1ccc(C23CC4CC(CC(C4)C2)C3)cc1. The Hall–Kier alpha value is -3.65. The Labute approximate surface area is 286 Å². The minimum absolute atomic E-state index is 0.0875. The first-order valence-corrected chi connectivity index (χ1v) is 19.8. The van der Waals surface area contributed by atoms with E-state index in [-0.39, 0.29) is 30.5 Å². The van der Waals surface area contributed by atoms with E-state index in [1.54, 1.807) is 4.90 Å². The van der Waals surface area contributed by atoms with Gasteiger partial charge in [-0.05, 0) is 103 Å². The van der Waals surface area contributed by atoms with Crippen LogP contribution in [0.15, 0.2) is 84.9 Å². The molecule has 4 bridgehead atoms. The molecule has 1 atom stereocenters. The van der Waals surface area contributed by atoms with E-state index in [9.17, 15) is 18.0 Å². The quantitative estimate of drug-likeness (QED) is 0.235. The highest BCUT2D eigenvalue weighted by molar-refractivity contribution is 7.92. The number of carbonyl (C=O) groups excluding carboxylic acids is 2. The van der Waals surface area contributed by atoms with Gasteiger partial charge in [0.1, 0.15) is 12.6 Å². The molecule has 5 fully saturated rings. The minimum Gasteiger partial charge on any atom is -0.352 e. The molecule has 8 heteroatoms. The van der Waals surface area contributed by atoms with Gasteiger partial charge in [0.25, 0.3) is 0 Å².